The zero-order valence-electron chi connectivity index (χ0n) is 10.8. The van der Waals surface area contributed by atoms with Gasteiger partial charge < -0.3 is 15.6 Å². The van der Waals surface area contributed by atoms with Gasteiger partial charge in [-0.05, 0) is 18.2 Å². The fourth-order valence-corrected chi connectivity index (χ4v) is 1.58. The van der Waals surface area contributed by atoms with E-state index in [9.17, 15) is 4.79 Å². The van der Waals surface area contributed by atoms with Crippen LogP contribution in [0.1, 0.15) is 21.7 Å². The number of amides is 1. The lowest BCUT2D eigenvalue weighted by Crippen LogP contribution is -2.25. The Labute approximate surface area is 116 Å². The maximum Gasteiger partial charge on any atom is 0.251 e. The van der Waals surface area contributed by atoms with Crippen molar-refractivity contribution in [3.05, 3.63) is 47.6 Å². The number of hydrogen-bond donors (Lipinski definition) is 2. The van der Waals surface area contributed by atoms with Crippen LogP contribution in [0.15, 0.2) is 35.2 Å². The van der Waals surface area contributed by atoms with Crippen LogP contribution in [0.2, 0.25) is 0 Å². The van der Waals surface area contributed by atoms with Crippen molar-refractivity contribution in [2.75, 3.05) is 13.1 Å². The molecule has 0 saturated carbocycles. The van der Waals surface area contributed by atoms with Gasteiger partial charge in [0.05, 0.1) is 6.54 Å². The van der Waals surface area contributed by atoms with E-state index < -0.39 is 0 Å². The van der Waals surface area contributed by atoms with Crippen LogP contribution in [-0.2, 0) is 6.42 Å². The zero-order valence-corrected chi connectivity index (χ0v) is 10.8. The van der Waals surface area contributed by atoms with Gasteiger partial charge in [0.15, 0.2) is 5.82 Å². The van der Waals surface area contributed by atoms with Gasteiger partial charge in [-0.1, -0.05) is 23.1 Å². The molecule has 20 heavy (non-hydrogen) atoms. The molecular weight excluding hydrogens is 256 g/mol. The number of nitrogens with zero attached hydrogens (tertiary/aromatic N) is 2. The first-order valence-corrected chi connectivity index (χ1v) is 6.12. The molecule has 102 valence electrons. The van der Waals surface area contributed by atoms with Crippen LogP contribution >= 0.6 is 0 Å². The highest BCUT2D eigenvalue weighted by Gasteiger charge is 2.06. The van der Waals surface area contributed by atoms with Crippen molar-refractivity contribution in [1.29, 1.82) is 0 Å². The fourth-order valence-electron chi connectivity index (χ4n) is 1.58. The van der Waals surface area contributed by atoms with E-state index in [1.807, 2.05) is 6.07 Å². The minimum atomic E-state index is -0.162. The first-order chi connectivity index (χ1) is 9.79. The number of carbonyl (C=O) groups excluding carboxylic acids is 1. The lowest BCUT2D eigenvalue weighted by molar-refractivity contribution is 0.0954. The highest BCUT2D eigenvalue weighted by Crippen LogP contribution is 2.04. The molecule has 1 aromatic heterocycles. The number of nitrogens with one attached hydrogen (secondary N) is 1. The molecule has 1 heterocycles. The predicted octanol–water partition coefficient (Wildman–Crippen LogP) is 0.352. The number of rotatable bonds is 4. The monoisotopic (exact) mass is 270 g/mol. The van der Waals surface area contributed by atoms with Gasteiger partial charge in [-0.15, -0.1) is 0 Å². The summed E-state index contributed by atoms with van der Waals surface area (Å²) in [6.07, 6.45) is 1.78. The largest absolute Gasteiger partial charge is 0.352 e. The van der Waals surface area contributed by atoms with E-state index in [1.54, 1.807) is 18.2 Å². The van der Waals surface area contributed by atoms with Crippen molar-refractivity contribution in [2.45, 2.75) is 6.42 Å². The molecule has 0 unspecified atom stereocenters. The first kappa shape index (κ1) is 13.8. The van der Waals surface area contributed by atoms with Gasteiger partial charge in [-0.2, -0.15) is 4.98 Å². The third kappa shape index (κ3) is 3.93. The third-order valence-corrected chi connectivity index (χ3v) is 2.50. The van der Waals surface area contributed by atoms with Crippen LogP contribution in [0.25, 0.3) is 0 Å². The molecule has 1 aromatic carbocycles. The van der Waals surface area contributed by atoms with Gasteiger partial charge in [0, 0.05) is 24.1 Å². The molecule has 0 spiro atoms. The van der Waals surface area contributed by atoms with Crippen LogP contribution in [0.5, 0.6) is 0 Å². The van der Waals surface area contributed by atoms with E-state index in [0.717, 1.165) is 5.56 Å². The van der Waals surface area contributed by atoms with Crippen molar-refractivity contribution in [3.8, 4) is 11.8 Å². The van der Waals surface area contributed by atoms with Gasteiger partial charge in [0.25, 0.3) is 5.91 Å². The Balaban J connectivity index is 1.91. The molecule has 0 aliphatic heterocycles. The number of hydrogen-bond acceptors (Lipinski definition) is 5. The van der Waals surface area contributed by atoms with Gasteiger partial charge in [-0.3, -0.25) is 4.79 Å². The summed E-state index contributed by atoms with van der Waals surface area (Å²) in [4.78, 5) is 15.8. The summed E-state index contributed by atoms with van der Waals surface area (Å²) >= 11 is 0. The van der Waals surface area contributed by atoms with Crippen molar-refractivity contribution in [2.24, 2.45) is 5.73 Å². The molecule has 0 bridgehead atoms. The lowest BCUT2D eigenvalue weighted by Gasteiger charge is -2.03. The average Bonchev–Trinajstić information content (AvgIpc) is 2.98. The summed E-state index contributed by atoms with van der Waals surface area (Å²) in [6, 6.07) is 7.08. The van der Waals surface area contributed by atoms with Gasteiger partial charge in [-0.25, -0.2) is 0 Å². The molecule has 3 N–H and O–H groups in total. The average molecular weight is 270 g/mol. The Morgan fingerprint density at radius 3 is 3.10 bits per heavy atom. The quantitative estimate of drug-likeness (QED) is 0.782. The van der Waals surface area contributed by atoms with Crippen LogP contribution in [0.3, 0.4) is 0 Å². The van der Waals surface area contributed by atoms with Crippen LogP contribution in [0.4, 0.5) is 0 Å². The predicted molar refractivity (Wildman–Crippen MR) is 72.7 cm³/mol. The summed E-state index contributed by atoms with van der Waals surface area (Å²) in [5, 5.41) is 6.45. The topological polar surface area (TPSA) is 94.0 Å². The molecule has 0 fully saturated rings. The summed E-state index contributed by atoms with van der Waals surface area (Å²) in [7, 11) is 0. The van der Waals surface area contributed by atoms with E-state index >= 15 is 0 Å². The minimum absolute atomic E-state index is 0.162. The van der Waals surface area contributed by atoms with Crippen molar-refractivity contribution in [3.63, 3.8) is 0 Å². The molecule has 0 aliphatic rings. The number of aromatic nitrogens is 2. The van der Waals surface area contributed by atoms with Gasteiger partial charge >= 0.3 is 0 Å². The van der Waals surface area contributed by atoms with Gasteiger partial charge in [0.1, 0.15) is 0 Å². The van der Waals surface area contributed by atoms with E-state index in [2.05, 4.69) is 31.8 Å². The third-order valence-electron chi connectivity index (χ3n) is 2.50. The molecule has 2 aromatic rings. The summed E-state index contributed by atoms with van der Waals surface area (Å²) in [5.74, 6) is 6.04. The highest BCUT2D eigenvalue weighted by molar-refractivity contribution is 5.94. The molecule has 1 amide bonds. The molecule has 6 nitrogen and oxygen atoms in total. The summed E-state index contributed by atoms with van der Waals surface area (Å²) in [5.41, 5.74) is 6.64. The lowest BCUT2D eigenvalue weighted by atomic mass is 10.1. The van der Waals surface area contributed by atoms with E-state index in [1.165, 1.54) is 6.39 Å². The number of nitrogens with two attached hydrogens (primary N) is 1. The number of benzene rings is 1. The maximum absolute atomic E-state index is 12.0. The Hall–Kier alpha value is -2.65. The molecule has 2 rings (SSSR count). The molecule has 0 saturated heterocycles. The molecule has 0 atom stereocenters. The second-order valence-electron chi connectivity index (χ2n) is 3.94. The summed E-state index contributed by atoms with van der Waals surface area (Å²) in [6.45, 7) is 0.734. The fraction of sp³-hybridized carbons (Fsp3) is 0.214. The number of carbonyl (C=O) groups is 1. The van der Waals surface area contributed by atoms with E-state index in [4.69, 9.17) is 5.73 Å². The highest BCUT2D eigenvalue weighted by atomic mass is 16.5. The molecule has 0 radical (unpaired) electrons. The van der Waals surface area contributed by atoms with Gasteiger partial charge in [0.2, 0.25) is 6.39 Å². The first-order valence-electron chi connectivity index (χ1n) is 6.12. The normalized spacial score (nSPS) is 9.65. The van der Waals surface area contributed by atoms with Crippen molar-refractivity contribution in [1.82, 2.24) is 15.5 Å². The Bertz CT molecular complexity index is 626. The second kappa shape index (κ2) is 7.07. The SMILES string of the molecule is NCC#Cc1cccc(C(=O)NCCc2ncon2)c1. The molecule has 0 aliphatic carbocycles. The minimum Gasteiger partial charge on any atom is -0.352 e. The maximum atomic E-state index is 12.0. The van der Waals surface area contributed by atoms with E-state index in [0.29, 0.717) is 30.9 Å². The Morgan fingerprint density at radius 1 is 1.45 bits per heavy atom. The van der Waals surface area contributed by atoms with E-state index in [-0.39, 0.29) is 5.91 Å². The second-order valence-corrected chi connectivity index (χ2v) is 3.94. The smallest absolute Gasteiger partial charge is 0.251 e. The Kier molecular flexibility index (Phi) is 4.87. The standard InChI is InChI=1S/C14H14N4O2/c15-7-2-4-11-3-1-5-12(9-11)14(19)16-8-6-13-17-10-20-18-13/h1,3,5,9-10H,6-8,15H2,(H,16,19). The zero-order chi connectivity index (χ0) is 14.2. The Morgan fingerprint density at radius 2 is 2.35 bits per heavy atom. The summed E-state index contributed by atoms with van der Waals surface area (Å²) < 4.78 is 4.61. The van der Waals surface area contributed by atoms with Crippen molar-refractivity contribution >= 4 is 5.91 Å². The van der Waals surface area contributed by atoms with Crippen LogP contribution in [0, 0.1) is 11.8 Å². The van der Waals surface area contributed by atoms with Crippen LogP contribution < -0.4 is 11.1 Å². The molecular formula is C14H14N4O2. The van der Waals surface area contributed by atoms with Crippen molar-refractivity contribution < 1.29 is 9.32 Å². The van der Waals surface area contributed by atoms with Crippen LogP contribution in [-0.4, -0.2) is 29.1 Å². The molecule has 6 heteroatoms.